The predicted molar refractivity (Wildman–Crippen MR) is 76.3 cm³/mol. The Morgan fingerprint density at radius 1 is 1.22 bits per heavy atom. The first-order valence-corrected chi connectivity index (χ1v) is 6.81. The molecule has 18 heavy (non-hydrogen) atoms. The van der Waals surface area contributed by atoms with Gasteiger partial charge in [0.05, 0.1) is 10.5 Å². The van der Waals surface area contributed by atoms with Gasteiger partial charge in [-0.1, -0.05) is 29.3 Å². The smallest absolute Gasteiger partial charge is 0.129 e. The van der Waals surface area contributed by atoms with Crippen LogP contribution in [0.25, 0.3) is 10.9 Å². The van der Waals surface area contributed by atoms with Gasteiger partial charge in [0, 0.05) is 16.8 Å². The van der Waals surface area contributed by atoms with E-state index in [-0.39, 0.29) is 11.5 Å². The Kier molecular flexibility index (Phi) is 2.77. The summed E-state index contributed by atoms with van der Waals surface area (Å²) in [5.74, 6) is 0. The van der Waals surface area contributed by atoms with Crippen LogP contribution < -0.4 is 5.73 Å². The van der Waals surface area contributed by atoms with Crippen LogP contribution in [0, 0.1) is 0 Å². The van der Waals surface area contributed by atoms with E-state index in [1.807, 2.05) is 25.1 Å². The summed E-state index contributed by atoms with van der Waals surface area (Å²) in [5.41, 5.74) is 8.15. The van der Waals surface area contributed by atoms with E-state index >= 15 is 0 Å². The van der Waals surface area contributed by atoms with Gasteiger partial charge in [0.25, 0.3) is 0 Å². The number of halogens is 2. The van der Waals surface area contributed by atoms with Gasteiger partial charge in [-0.2, -0.15) is 0 Å². The lowest BCUT2D eigenvalue weighted by Crippen LogP contribution is -2.31. The third kappa shape index (κ3) is 1.71. The highest BCUT2D eigenvalue weighted by Crippen LogP contribution is 2.53. The number of hydrogen-bond acceptors (Lipinski definition) is 2. The lowest BCUT2D eigenvalue weighted by atomic mass is 9.88. The van der Waals surface area contributed by atoms with E-state index in [9.17, 15) is 0 Å². The van der Waals surface area contributed by atoms with Crippen LogP contribution in [0.4, 0.5) is 0 Å². The Hall–Kier alpha value is -0.830. The largest absolute Gasteiger partial charge is 0.327 e. The van der Waals surface area contributed by atoms with Crippen molar-refractivity contribution in [2.45, 2.75) is 31.2 Å². The molecule has 0 aliphatic heterocycles. The number of rotatable bonds is 2. The second-order valence-electron chi connectivity index (χ2n) is 5.07. The van der Waals surface area contributed by atoms with Crippen molar-refractivity contribution >= 4 is 34.1 Å². The molecule has 1 aliphatic rings. The van der Waals surface area contributed by atoms with Crippen LogP contribution in [0.15, 0.2) is 24.3 Å². The molecule has 1 saturated carbocycles. The van der Waals surface area contributed by atoms with E-state index in [0.29, 0.717) is 5.15 Å². The van der Waals surface area contributed by atoms with E-state index < -0.39 is 0 Å². The van der Waals surface area contributed by atoms with Gasteiger partial charge in [0.15, 0.2) is 0 Å². The number of fused-ring (bicyclic) bond motifs is 1. The molecule has 1 heterocycles. The highest BCUT2D eigenvalue weighted by molar-refractivity contribution is 6.36. The van der Waals surface area contributed by atoms with Crippen LogP contribution >= 0.6 is 23.2 Å². The van der Waals surface area contributed by atoms with Gasteiger partial charge in [-0.15, -0.1) is 0 Å². The lowest BCUT2D eigenvalue weighted by molar-refractivity contribution is 0.557. The predicted octanol–water partition coefficient (Wildman–Crippen LogP) is 3.92. The normalized spacial score (nSPS) is 18.9. The Labute approximate surface area is 116 Å². The Morgan fingerprint density at radius 2 is 1.94 bits per heavy atom. The van der Waals surface area contributed by atoms with Crippen LogP contribution in [0.5, 0.6) is 0 Å². The fourth-order valence-electron chi connectivity index (χ4n) is 2.63. The molecule has 4 heteroatoms. The van der Waals surface area contributed by atoms with Crippen LogP contribution in [0.2, 0.25) is 10.2 Å². The Morgan fingerprint density at radius 3 is 2.56 bits per heavy atom. The standard InChI is InChI=1S/C14H14Cl2N2/c1-8(17)14(6-7-14)10-3-4-11-9(13(10)16)2-5-12(15)18-11/h2-5,8H,6-7,17H2,1H3. The highest BCUT2D eigenvalue weighted by Gasteiger charge is 2.48. The summed E-state index contributed by atoms with van der Waals surface area (Å²) in [5, 5.41) is 2.21. The van der Waals surface area contributed by atoms with E-state index in [1.54, 1.807) is 6.07 Å². The molecule has 0 amide bonds. The molecular formula is C14H14Cl2N2. The average Bonchev–Trinajstić information content (AvgIpc) is 3.10. The number of pyridine rings is 1. The molecule has 0 saturated heterocycles. The van der Waals surface area contributed by atoms with E-state index in [2.05, 4.69) is 4.98 Å². The molecule has 2 nitrogen and oxygen atoms in total. The summed E-state index contributed by atoms with van der Waals surface area (Å²) in [6, 6.07) is 7.83. The second kappa shape index (κ2) is 4.09. The molecule has 1 aromatic carbocycles. The van der Waals surface area contributed by atoms with Crippen LogP contribution in [0.3, 0.4) is 0 Å². The van der Waals surface area contributed by atoms with Crippen molar-refractivity contribution in [2.24, 2.45) is 5.73 Å². The fourth-order valence-corrected chi connectivity index (χ4v) is 3.20. The first kappa shape index (κ1) is 12.2. The molecule has 2 aromatic rings. The third-order valence-corrected chi connectivity index (χ3v) is 4.59. The van der Waals surface area contributed by atoms with Gasteiger partial charge in [0.2, 0.25) is 0 Å². The van der Waals surface area contributed by atoms with Crippen molar-refractivity contribution < 1.29 is 0 Å². The maximum absolute atomic E-state index is 6.52. The molecule has 94 valence electrons. The molecule has 3 rings (SSSR count). The van der Waals surface area contributed by atoms with Crippen molar-refractivity contribution in [1.29, 1.82) is 0 Å². The number of hydrogen-bond donors (Lipinski definition) is 1. The van der Waals surface area contributed by atoms with E-state index in [0.717, 1.165) is 34.3 Å². The SMILES string of the molecule is CC(N)C1(c2ccc3nc(Cl)ccc3c2Cl)CC1. The summed E-state index contributed by atoms with van der Waals surface area (Å²) >= 11 is 12.4. The summed E-state index contributed by atoms with van der Waals surface area (Å²) < 4.78 is 0. The maximum Gasteiger partial charge on any atom is 0.129 e. The number of nitrogens with zero attached hydrogens (tertiary/aromatic N) is 1. The molecule has 1 unspecified atom stereocenters. The van der Waals surface area contributed by atoms with Crippen molar-refractivity contribution in [1.82, 2.24) is 4.98 Å². The van der Waals surface area contributed by atoms with E-state index in [1.165, 1.54) is 0 Å². The minimum Gasteiger partial charge on any atom is -0.327 e. The summed E-state index contributed by atoms with van der Waals surface area (Å²) in [6.07, 6.45) is 2.22. The van der Waals surface area contributed by atoms with Gasteiger partial charge in [-0.3, -0.25) is 0 Å². The Balaban J connectivity index is 2.21. The molecule has 1 atom stereocenters. The van der Waals surface area contributed by atoms with E-state index in [4.69, 9.17) is 28.9 Å². The van der Waals surface area contributed by atoms with Crippen LogP contribution in [-0.2, 0) is 5.41 Å². The fraction of sp³-hybridized carbons (Fsp3) is 0.357. The second-order valence-corrected chi connectivity index (χ2v) is 5.84. The first-order valence-electron chi connectivity index (χ1n) is 6.05. The van der Waals surface area contributed by atoms with Crippen molar-refractivity contribution in [3.8, 4) is 0 Å². The lowest BCUT2D eigenvalue weighted by Gasteiger charge is -2.22. The van der Waals surface area contributed by atoms with Crippen molar-refractivity contribution in [2.75, 3.05) is 0 Å². The molecule has 0 spiro atoms. The summed E-state index contributed by atoms with van der Waals surface area (Å²) in [7, 11) is 0. The minimum absolute atomic E-state index is 0.0604. The first-order chi connectivity index (χ1) is 8.54. The molecule has 1 aliphatic carbocycles. The zero-order valence-electron chi connectivity index (χ0n) is 10.1. The highest BCUT2D eigenvalue weighted by atomic mass is 35.5. The topological polar surface area (TPSA) is 38.9 Å². The van der Waals surface area contributed by atoms with Gasteiger partial charge >= 0.3 is 0 Å². The molecule has 0 radical (unpaired) electrons. The molecule has 1 aromatic heterocycles. The summed E-state index contributed by atoms with van der Waals surface area (Å²) in [6.45, 7) is 2.05. The minimum atomic E-state index is 0.0604. The monoisotopic (exact) mass is 280 g/mol. The van der Waals surface area contributed by atoms with Gasteiger partial charge in [-0.05, 0) is 43.5 Å². The zero-order valence-corrected chi connectivity index (χ0v) is 11.6. The Bertz CT molecular complexity index is 618. The zero-order chi connectivity index (χ0) is 12.9. The number of nitrogens with two attached hydrogens (primary N) is 1. The van der Waals surface area contributed by atoms with Crippen molar-refractivity contribution in [3.63, 3.8) is 0 Å². The maximum atomic E-state index is 6.52. The van der Waals surface area contributed by atoms with Gasteiger partial charge < -0.3 is 5.73 Å². The summed E-state index contributed by atoms with van der Waals surface area (Å²) in [4.78, 5) is 4.27. The average molecular weight is 281 g/mol. The van der Waals surface area contributed by atoms with Crippen LogP contribution in [-0.4, -0.2) is 11.0 Å². The quantitative estimate of drug-likeness (QED) is 0.847. The van der Waals surface area contributed by atoms with Gasteiger partial charge in [0.1, 0.15) is 5.15 Å². The molecule has 0 bridgehead atoms. The van der Waals surface area contributed by atoms with Crippen LogP contribution in [0.1, 0.15) is 25.3 Å². The van der Waals surface area contributed by atoms with Crippen molar-refractivity contribution in [3.05, 3.63) is 40.0 Å². The molecule has 1 fully saturated rings. The third-order valence-electron chi connectivity index (χ3n) is 3.97. The number of aromatic nitrogens is 1. The molecule has 2 N–H and O–H groups in total. The molecular weight excluding hydrogens is 267 g/mol. The number of benzene rings is 1. The van der Waals surface area contributed by atoms with Gasteiger partial charge in [-0.25, -0.2) is 4.98 Å².